The topological polar surface area (TPSA) is 55.8 Å². The van der Waals surface area contributed by atoms with Gasteiger partial charge >= 0.3 is 5.97 Å². The maximum Gasteiger partial charge on any atom is 0.314 e. The maximum atomic E-state index is 11.6. The van der Waals surface area contributed by atoms with Gasteiger partial charge in [0.1, 0.15) is 11.5 Å². The highest BCUT2D eigenvalue weighted by molar-refractivity contribution is 5.84. The van der Waals surface area contributed by atoms with Crippen molar-refractivity contribution in [3.63, 3.8) is 0 Å². The predicted molar refractivity (Wildman–Crippen MR) is 67.4 cm³/mol. The molecule has 0 unspecified atom stereocenters. The molecule has 1 fully saturated rings. The molecule has 1 N–H and O–H groups in total. The third kappa shape index (κ3) is 1.64. The molecule has 0 amide bonds. The van der Waals surface area contributed by atoms with Gasteiger partial charge in [-0.05, 0) is 25.8 Å². The van der Waals surface area contributed by atoms with E-state index < -0.39 is 11.4 Å². The summed E-state index contributed by atoms with van der Waals surface area (Å²) in [6, 6.07) is 3.63. The number of aliphatic carboxylic acids is 1. The number of hydrogen-bond donors (Lipinski definition) is 1. The fraction of sp³-hybridized carbons (Fsp3) is 0.500. The lowest BCUT2D eigenvalue weighted by molar-refractivity contribution is -0.147. The van der Waals surface area contributed by atoms with Crippen LogP contribution in [0.5, 0.6) is 11.5 Å². The van der Waals surface area contributed by atoms with Crippen molar-refractivity contribution in [2.24, 2.45) is 0 Å². The minimum atomic E-state index is -0.775. The maximum absolute atomic E-state index is 11.6. The number of hydrogen-bond acceptors (Lipinski definition) is 3. The summed E-state index contributed by atoms with van der Waals surface area (Å²) in [7, 11) is 3.16. The molecule has 0 bridgehead atoms. The predicted octanol–water partition coefficient (Wildman–Crippen LogP) is 2.52. The summed E-state index contributed by atoms with van der Waals surface area (Å²) in [6.45, 7) is 1.88. The standard InChI is InChI=1S/C14H18O4/c1-9-11(17-2)6-5-10(12(9)18-3)14(13(15)16)7-4-8-14/h5-6H,4,7-8H2,1-3H3,(H,15,16). The van der Waals surface area contributed by atoms with Crippen molar-refractivity contribution >= 4 is 5.97 Å². The zero-order valence-electron chi connectivity index (χ0n) is 10.9. The Balaban J connectivity index is 2.57. The second kappa shape index (κ2) is 4.52. The summed E-state index contributed by atoms with van der Waals surface area (Å²) in [5.41, 5.74) is 0.842. The molecule has 18 heavy (non-hydrogen) atoms. The first-order chi connectivity index (χ1) is 8.56. The van der Waals surface area contributed by atoms with E-state index in [0.29, 0.717) is 18.6 Å². The van der Waals surface area contributed by atoms with Gasteiger partial charge in [0.25, 0.3) is 0 Å². The van der Waals surface area contributed by atoms with Crippen molar-refractivity contribution in [2.75, 3.05) is 14.2 Å². The number of ether oxygens (including phenoxy) is 2. The zero-order valence-corrected chi connectivity index (χ0v) is 10.9. The summed E-state index contributed by atoms with van der Waals surface area (Å²) in [5.74, 6) is 0.587. The van der Waals surface area contributed by atoms with Gasteiger partial charge in [-0.1, -0.05) is 12.5 Å². The SMILES string of the molecule is COc1ccc(C2(C(=O)O)CCC2)c(OC)c1C. The van der Waals surface area contributed by atoms with E-state index in [2.05, 4.69) is 0 Å². The van der Waals surface area contributed by atoms with E-state index >= 15 is 0 Å². The Bertz CT molecular complexity index is 475. The van der Waals surface area contributed by atoms with E-state index in [1.165, 1.54) is 0 Å². The number of carboxylic acids is 1. The van der Waals surface area contributed by atoms with Crippen molar-refractivity contribution in [1.29, 1.82) is 0 Å². The minimum absolute atomic E-state index is 0.636. The Morgan fingerprint density at radius 2 is 1.94 bits per heavy atom. The van der Waals surface area contributed by atoms with Crippen LogP contribution in [-0.4, -0.2) is 25.3 Å². The van der Waals surface area contributed by atoms with Crippen molar-refractivity contribution in [3.05, 3.63) is 23.3 Å². The molecule has 1 aromatic rings. The van der Waals surface area contributed by atoms with Crippen LogP contribution < -0.4 is 9.47 Å². The average molecular weight is 250 g/mol. The van der Waals surface area contributed by atoms with Gasteiger partial charge in [0.15, 0.2) is 0 Å². The molecular formula is C14H18O4. The molecule has 1 aromatic carbocycles. The van der Waals surface area contributed by atoms with Crippen molar-refractivity contribution in [1.82, 2.24) is 0 Å². The van der Waals surface area contributed by atoms with Crippen LogP contribution in [0.3, 0.4) is 0 Å². The van der Waals surface area contributed by atoms with E-state index in [4.69, 9.17) is 9.47 Å². The molecule has 0 spiro atoms. The zero-order chi connectivity index (χ0) is 13.3. The van der Waals surface area contributed by atoms with E-state index in [9.17, 15) is 9.90 Å². The average Bonchev–Trinajstić information content (AvgIpc) is 2.27. The monoisotopic (exact) mass is 250 g/mol. The van der Waals surface area contributed by atoms with Crippen LogP contribution in [0, 0.1) is 6.92 Å². The molecule has 0 atom stereocenters. The third-order valence-electron chi connectivity index (χ3n) is 3.91. The third-order valence-corrected chi connectivity index (χ3v) is 3.91. The van der Waals surface area contributed by atoms with Crippen molar-refractivity contribution in [3.8, 4) is 11.5 Å². The minimum Gasteiger partial charge on any atom is -0.496 e. The Labute approximate surface area is 107 Å². The van der Waals surface area contributed by atoms with Crippen molar-refractivity contribution < 1.29 is 19.4 Å². The summed E-state index contributed by atoms with van der Waals surface area (Å²) in [4.78, 5) is 11.6. The highest BCUT2D eigenvalue weighted by Gasteiger charge is 2.48. The molecule has 1 aliphatic rings. The van der Waals surface area contributed by atoms with E-state index in [0.717, 1.165) is 23.3 Å². The number of benzene rings is 1. The molecule has 98 valence electrons. The quantitative estimate of drug-likeness (QED) is 0.892. The Kier molecular flexibility index (Phi) is 3.20. The molecular weight excluding hydrogens is 232 g/mol. The summed E-state index contributed by atoms with van der Waals surface area (Å²) in [5, 5.41) is 9.49. The van der Waals surface area contributed by atoms with Gasteiger partial charge in [-0.3, -0.25) is 4.79 Å². The Morgan fingerprint density at radius 3 is 2.33 bits per heavy atom. The lowest BCUT2D eigenvalue weighted by Gasteiger charge is -2.39. The molecule has 2 rings (SSSR count). The molecule has 0 heterocycles. The second-order valence-electron chi connectivity index (χ2n) is 4.71. The number of methoxy groups -OCH3 is 2. The Hall–Kier alpha value is -1.71. The van der Waals surface area contributed by atoms with E-state index in [1.807, 2.05) is 19.1 Å². The Morgan fingerprint density at radius 1 is 1.28 bits per heavy atom. The smallest absolute Gasteiger partial charge is 0.314 e. The molecule has 0 saturated heterocycles. The van der Waals surface area contributed by atoms with Gasteiger partial charge in [0, 0.05) is 11.1 Å². The number of carboxylic acid groups (broad SMARTS) is 1. The molecule has 0 aromatic heterocycles. The number of rotatable bonds is 4. The highest BCUT2D eigenvalue weighted by Crippen LogP contribution is 2.49. The van der Waals surface area contributed by atoms with E-state index in [1.54, 1.807) is 14.2 Å². The molecule has 4 heteroatoms. The first-order valence-corrected chi connectivity index (χ1v) is 6.02. The van der Waals surface area contributed by atoms with Crippen LogP contribution in [0.4, 0.5) is 0 Å². The van der Waals surface area contributed by atoms with Gasteiger partial charge in [0.2, 0.25) is 0 Å². The van der Waals surface area contributed by atoms with Gasteiger partial charge in [0.05, 0.1) is 19.6 Å². The summed E-state index contributed by atoms with van der Waals surface area (Å²) >= 11 is 0. The van der Waals surface area contributed by atoms with Gasteiger partial charge in [-0.25, -0.2) is 0 Å². The normalized spacial score (nSPS) is 16.8. The summed E-state index contributed by atoms with van der Waals surface area (Å²) in [6.07, 6.45) is 2.29. The van der Waals surface area contributed by atoms with Crippen LogP contribution in [-0.2, 0) is 10.2 Å². The molecule has 0 aliphatic heterocycles. The van der Waals surface area contributed by atoms with Gasteiger partial charge < -0.3 is 14.6 Å². The van der Waals surface area contributed by atoms with Crippen LogP contribution in [0.1, 0.15) is 30.4 Å². The lowest BCUT2D eigenvalue weighted by Crippen LogP contribution is -2.42. The summed E-state index contributed by atoms with van der Waals surface area (Å²) < 4.78 is 10.6. The van der Waals surface area contributed by atoms with Crippen LogP contribution in [0.25, 0.3) is 0 Å². The van der Waals surface area contributed by atoms with Crippen LogP contribution >= 0.6 is 0 Å². The van der Waals surface area contributed by atoms with E-state index in [-0.39, 0.29) is 0 Å². The largest absolute Gasteiger partial charge is 0.496 e. The van der Waals surface area contributed by atoms with Crippen LogP contribution in [0.15, 0.2) is 12.1 Å². The molecule has 1 aliphatic carbocycles. The number of carbonyl (C=O) groups is 1. The lowest BCUT2D eigenvalue weighted by atomic mass is 9.64. The second-order valence-corrected chi connectivity index (χ2v) is 4.71. The first kappa shape index (κ1) is 12.7. The molecule has 1 saturated carbocycles. The molecule has 4 nitrogen and oxygen atoms in total. The van der Waals surface area contributed by atoms with Gasteiger partial charge in [-0.2, -0.15) is 0 Å². The van der Waals surface area contributed by atoms with Crippen LogP contribution in [0.2, 0.25) is 0 Å². The van der Waals surface area contributed by atoms with Crippen molar-refractivity contribution in [2.45, 2.75) is 31.6 Å². The van der Waals surface area contributed by atoms with Gasteiger partial charge in [-0.15, -0.1) is 0 Å². The first-order valence-electron chi connectivity index (χ1n) is 6.02. The molecule has 0 radical (unpaired) electrons. The fourth-order valence-corrected chi connectivity index (χ4v) is 2.66. The highest BCUT2D eigenvalue weighted by atomic mass is 16.5. The fourth-order valence-electron chi connectivity index (χ4n) is 2.66.